The molecule has 0 unspecified atom stereocenters. The van der Waals surface area contributed by atoms with Gasteiger partial charge in [0.25, 0.3) is 0 Å². The monoisotopic (exact) mass is 302 g/mol. The van der Waals surface area contributed by atoms with Crippen molar-refractivity contribution in [3.8, 4) is 5.75 Å². The lowest BCUT2D eigenvalue weighted by Crippen LogP contribution is -2.41. The van der Waals surface area contributed by atoms with Crippen LogP contribution in [0.3, 0.4) is 0 Å². The second kappa shape index (κ2) is 6.18. The van der Waals surface area contributed by atoms with Gasteiger partial charge in [-0.3, -0.25) is 0 Å². The van der Waals surface area contributed by atoms with Crippen LogP contribution in [0, 0.1) is 0 Å². The Morgan fingerprint density at radius 2 is 2.24 bits per heavy atom. The highest BCUT2D eigenvalue weighted by Gasteiger charge is 2.22. The van der Waals surface area contributed by atoms with Crippen molar-refractivity contribution in [1.29, 1.82) is 0 Å². The summed E-state index contributed by atoms with van der Waals surface area (Å²) >= 11 is 1.64. The number of para-hydroxylation sites is 1. The fourth-order valence-corrected chi connectivity index (χ4v) is 3.17. The van der Waals surface area contributed by atoms with E-state index in [2.05, 4.69) is 16.7 Å². The van der Waals surface area contributed by atoms with Crippen molar-refractivity contribution in [1.82, 2.24) is 10.6 Å². The fraction of sp³-hybridized carbons (Fsp3) is 0.312. The van der Waals surface area contributed by atoms with Crippen LogP contribution in [-0.4, -0.2) is 18.7 Å². The number of hydrogen-bond donors (Lipinski definition) is 2. The van der Waals surface area contributed by atoms with E-state index in [-0.39, 0.29) is 18.2 Å². The molecule has 21 heavy (non-hydrogen) atoms. The van der Waals surface area contributed by atoms with Crippen LogP contribution < -0.4 is 15.4 Å². The van der Waals surface area contributed by atoms with E-state index in [9.17, 15) is 4.79 Å². The maximum atomic E-state index is 11.9. The van der Waals surface area contributed by atoms with Gasteiger partial charge in [-0.2, -0.15) is 0 Å². The number of thiophene rings is 1. The number of fused-ring (bicyclic) bond motifs is 1. The van der Waals surface area contributed by atoms with Gasteiger partial charge in [-0.15, -0.1) is 11.3 Å². The second-order valence-electron chi connectivity index (χ2n) is 5.14. The van der Waals surface area contributed by atoms with Crippen molar-refractivity contribution < 1.29 is 9.53 Å². The molecule has 2 N–H and O–H groups in total. The van der Waals surface area contributed by atoms with Gasteiger partial charge in [-0.05, 0) is 30.0 Å². The van der Waals surface area contributed by atoms with E-state index in [1.54, 1.807) is 11.3 Å². The summed E-state index contributed by atoms with van der Waals surface area (Å²) in [5.41, 5.74) is 1.21. The van der Waals surface area contributed by atoms with Crippen molar-refractivity contribution >= 4 is 17.4 Å². The smallest absolute Gasteiger partial charge is 0.315 e. The molecular formula is C16H18N2O2S. The molecule has 110 valence electrons. The van der Waals surface area contributed by atoms with Gasteiger partial charge in [0.15, 0.2) is 0 Å². The zero-order chi connectivity index (χ0) is 14.7. The van der Waals surface area contributed by atoms with Crippen molar-refractivity contribution in [3.63, 3.8) is 0 Å². The van der Waals surface area contributed by atoms with Gasteiger partial charge in [0.1, 0.15) is 11.9 Å². The van der Waals surface area contributed by atoms with E-state index >= 15 is 0 Å². The summed E-state index contributed by atoms with van der Waals surface area (Å²) in [6.07, 6.45) is 0.863. The topological polar surface area (TPSA) is 50.4 Å². The number of amides is 2. The number of nitrogens with one attached hydrogen (secondary N) is 2. The van der Waals surface area contributed by atoms with Gasteiger partial charge in [-0.1, -0.05) is 24.3 Å². The molecule has 0 spiro atoms. The highest BCUT2D eigenvalue weighted by molar-refractivity contribution is 7.10. The summed E-state index contributed by atoms with van der Waals surface area (Å²) in [6.45, 7) is 2.49. The van der Waals surface area contributed by atoms with Crippen LogP contribution in [0.5, 0.6) is 5.75 Å². The number of rotatable bonds is 4. The second-order valence-corrected chi connectivity index (χ2v) is 6.12. The van der Waals surface area contributed by atoms with Crippen molar-refractivity contribution in [3.05, 3.63) is 52.2 Å². The van der Waals surface area contributed by atoms with Crippen LogP contribution in [0.4, 0.5) is 4.79 Å². The molecule has 3 rings (SSSR count). The van der Waals surface area contributed by atoms with Gasteiger partial charge >= 0.3 is 6.03 Å². The Morgan fingerprint density at radius 3 is 3.00 bits per heavy atom. The average molecular weight is 302 g/mol. The van der Waals surface area contributed by atoms with Crippen molar-refractivity contribution in [2.45, 2.75) is 25.5 Å². The van der Waals surface area contributed by atoms with Crippen LogP contribution in [0.15, 0.2) is 41.8 Å². The molecule has 2 heterocycles. The van der Waals surface area contributed by atoms with E-state index < -0.39 is 0 Å². The fourth-order valence-electron chi connectivity index (χ4n) is 2.43. The first-order chi connectivity index (χ1) is 10.2. The molecule has 1 aliphatic heterocycles. The molecule has 1 aromatic carbocycles. The van der Waals surface area contributed by atoms with E-state index in [1.165, 1.54) is 5.56 Å². The number of carbonyl (C=O) groups excluding carboxylic acids is 1. The Morgan fingerprint density at radius 1 is 1.38 bits per heavy atom. The molecule has 0 radical (unpaired) electrons. The van der Waals surface area contributed by atoms with Gasteiger partial charge < -0.3 is 15.4 Å². The van der Waals surface area contributed by atoms with Gasteiger partial charge in [0.05, 0.1) is 12.6 Å². The summed E-state index contributed by atoms with van der Waals surface area (Å²) in [4.78, 5) is 13.1. The Kier molecular flexibility index (Phi) is 4.10. The number of hydrogen-bond acceptors (Lipinski definition) is 3. The molecular weight excluding hydrogens is 284 g/mol. The maximum Gasteiger partial charge on any atom is 0.315 e. The largest absolute Gasteiger partial charge is 0.488 e. The first-order valence-corrected chi connectivity index (χ1v) is 7.92. The zero-order valence-electron chi connectivity index (χ0n) is 11.8. The Hall–Kier alpha value is -2.01. The summed E-state index contributed by atoms with van der Waals surface area (Å²) in [6, 6.07) is 11.9. The van der Waals surface area contributed by atoms with E-state index in [1.807, 2.05) is 42.6 Å². The normalized spacial score (nSPS) is 17.7. The third-order valence-electron chi connectivity index (χ3n) is 3.52. The molecule has 1 aliphatic rings. The third-order valence-corrected chi connectivity index (χ3v) is 4.58. The molecule has 0 fully saturated rings. The highest BCUT2D eigenvalue weighted by atomic mass is 32.1. The molecule has 1 aromatic heterocycles. The zero-order valence-corrected chi connectivity index (χ0v) is 12.7. The van der Waals surface area contributed by atoms with Crippen molar-refractivity contribution in [2.75, 3.05) is 6.54 Å². The van der Waals surface area contributed by atoms with Gasteiger partial charge in [0.2, 0.25) is 0 Å². The summed E-state index contributed by atoms with van der Waals surface area (Å²) in [7, 11) is 0. The number of urea groups is 1. The van der Waals surface area contributed by atoms with Crippen LogP contribution in [0.2, 0.25) is 0 Å². The van der Waals surface area contributed by atoms with E-state index in [0.29, 0.717) is 6.54 Å². The Labute approximate surface area is 128 Å². The Bertz CT molecular complexity index is 587. The lowest BCUT2D eigenvalue weighted by molar-refractivity contribution is 0.212. The first-order valence-electron chi connectivity index (χ1n) is 7.04. The lowest BCUT2D eigenvalue weighted by atomic mass is 10.1. The predicted molar refractivity (Wildman–Crippen MR) is 83.8 cm³/mol. The SMILES string of the molecule is C[C@@H](NC(=O)NC[C@@H]1Cc2ccccc2O1)c1cccs1. The van der Waals surface area contributed by atoms with Crippen LogP contribution in [-0.2, 0) is 6.42 Å². The minimum Gasteiger partial charge on any atom is -0.488 e. The first kappa shape index (κ1) is 13.9. The number of ether oxygens (including phenoxy) is 1. The third kappa shape index (κ3) is 3.36. The molecule has 5 heteroatoms. The minimum atomic E-state index is -0.157. The average Bonchev–Trinajstić information content (AvgIpc) is 3.14. The molecule has 2 amide bonds. The van der Waals surface area contributed by atoms with Crippen LogP contribution >= 0.6 is 11.3 Å². The van der Waals surface area contributed by atoms with Crippen molar-refractivity contribution in [2.24, 2.45) is 0 Å². The Balaban J connectivity index is 1.45. The van der Waals surface area contributed by atoms with E-state index in [0.717, 1.165) is 17.0 Å². The summed E-state index contributed by atoms with van der Waals surface area (Å²) < 4.78 is 5.79. The van der Waals surface area contributed by atoms with Crippen LogP contribution in [0.1, 0.15) is 23.4 Å². The maximum absolute atomic E-state index is 11.9. The molecule has 2 atom stereocenters. The number of benzene rings is 1. The van der Waals surface area contributed by atoms with Gasteiger partial charge in [0, 0.05) is 11.3 Å². The van der Waals surface area contributed by atoms with Gasteiger partial charge in [-0.25, -0.2) is 4.79 Å². The molecule has 0 saturated carbocycles. The molecule has 0 saturated heterocycles. The summed E-state index contributed by atoms with van der Waals surface area (Å²) in [5.74, 6) is 0.927. The molecule has 4 nitrogen and oxygen atoms in total. The summed E-state index contributed by atoms with van der Waals surface area (Å²) in [5, 5.41) is 7.82. The minimum absolute atomic E-state index is 0.0187. The quantitative estimate of drug-likeness (QED) is 0.911. The van der Waals surface area contributed by atoms with E-state index in [4.69, 9.17) is 4.74 Å². The standard InChI is InChI=1S/C16H18N2O2S/c1-11(15-7-4-8-21-15)18-16(19)17-10-13-9-12-5-2-3-6-14(12)20-13/h2-8,11,13H,9-10H2,1H3,(H2,17,18,19)/t11-,13+/m1/s1. The molecule has 0 aliphatic carbocycles. The molecule has 0 bridgehead atoms. The van der Waals surface area contributed by atoms with Crippen LogP contribution in [0.25, 0.3) is 0 Å². The highest BCUT2D eigenvalue weighted by Crippen LogP contribution is 2.27. The lowest BCUT2D eigenvalue weighted by Gasteiger charge is -2.15. The number of carbonyl (C=O) groups is 1. The predicted octanol–water partition coefficient (Wildman–Crippen LogP) is 3.11. The molecule has 2 aromatic rings.